The molecule has 7 nitrogen and oxygen atoms in total. The van der Waals surface area contributed by atoms with E-state index >= 15 is 0 Å². The van der Waals surface area contributed by atoms with Crippen LogP contribution in [0.2, 0.25) is 0 Å². The van der Waals surface area contributed by atoms with Crippen LogP contribution in [0, 0.1) is 24.2 Å². The molecule has 37 heavy (non-hydrogen) atoms. The number of anilines is 1. The molecule has 0 N–H and O–H groups in total. The van der Waals surface area contributed by atoms with Crippen LogP contribution >= 0.6 is 24.0 Å². The molecule has 2 saturated heterocycles. The van der Waals surface area contributed by atoms with Gasteiger partial charge < -0.3 is 9.64 Å². The van der Waals surface area contributed by atoms with Gasteiger partial charge in [-0.05, 0) is 68.4 Å². The monoisotopic (exact) mass is 536 g/mol. The molecule has 2 aliphatic rings. The van der Waals surface area contributed by atoms with E-state index in [2.05, 4.69) is 17.9 Å². The zero-order valence-electron chi connectivity index (χ0n) is 21.7. The average Bonchev–Trinajstić information content (AvgIpc) is 3.16. The molecule has 1 aromatic carbocycles. The number of aromatic nitrogens is 1. The average molecular weight is 537 g/mol. The van der Waals surface area contributed by atoms with Gasteiger partial charge in [-0.25, -0.2) is 0 Å². The number of ether oxygens (including phenoxy) is 1. The topological polar surface area (TPSA) is 78.6 Å². The Kier molecular flexibility index (Phi) is 8.40. The van der Waals surface area contributed by atoms with Gasteiger partial charge in [0.05, 0.1) is 12.0 Å². The van der Waals surface area contributed by atoms with Crippen LogP contribution in [-0.2, 0) is 17.8 Å². The zero-order chi connectivity index (χ0) is 26.7. The van der Waals surface area contributed by atoms with Gasteiger partial charge >= 0.3 is 0 Å². The highest BCUT2D eigenvalue weighted by molar-refractivity contribution is 8.26. The quantitative estimate of drug-likeness (QED) is 0.374. The molecule has 1 atom stereocenters. The lowest BCUT2D eigenvalue weighted by Crippen LogP contribution is -2.40. The molecular formula is C28H32N4O3S2. The highest BCUT2D eigenvalue weighted by Crippen LogP contribution is 2.37. The molecule has 9 heteroatoms. The molecule has 2 aliphatic heterocycles. The van der Waals surface area contributed by atoms with Crippen molar-refractivity contribution in [3.63, 3.8) is 0 Å². The van der Waals surface area contributed by atoms with Crippen molar-refractivity contribution in [2.45, 2.75) is 46.6 Å². The van der Waals surface area contributed by atoms with Gasteiger partial charge in [0.15, 0.2) is 0 Å². The number of carbonyl (C=O) groups is 1. The Labute approximate surface area is 227 Å². The van der Waals surface area contributed by atoms with E-state index in [1.807, 2.05) is 37.3 Å². The SMILES string of the molecule is CCn1c(N2CCCC(C)C2)c(/C=C2\SC(=S)N(CCc3ccc(OC)cc3)C2=O)c(C)c(C#N)c1=O. The largest absolute Gasteiger partial charge is 0.497 e. The predicted molar refractivity (Wildman–Crippen MR) is 153 cm³/mol. The van der Waals surface area contributed by atoms with Crippen LogP contribution in [-0.4, -0.2) is 46.4 Å². The van der Waals surface area contributed by atoms with Crippen molar-refractivity contribution in [2.24, 2.45) is 5.92 Å². The molecule has 0 spiro atoms. The van der Waals surface area contributed by atoms with Gasteiger partial charge in [0.25, 0.3) is 11.5 Å². The first-order valence-corrected chi connectivity index (χ1v) is 13.8. The Morgan fingerprint density at radius 3 is 2.62 bits per heavy atom. The molecule has 0 bridgehead atoms. The van der Waals surface area contributed by atoms with Crippen LogP contribution in [0.1, 0.15) is 48.9 Å². The van der Waals surface area contributed by atoms with E-state index in [1.165, 1.54) is 11.8 Å². The smallest absolute Gasteiger partial charge is 0.270 e. The lowest BCUT2D eigenvalue weighted by atomic mass is 9.98. The predicted octanol–water partition coefficient (Wildman–Crippen LogP) is 4.74. The molecule has 3 heterocycles. The van der Waals surface area contributed by atoms with Gasteiger partial charge in [-0.3, -0.25) is 19.1 Å². The van der Waals surface area contributed by atoms with E-state index in [0.717, 1.165) is 48.6 Å². The highest BCUT2D eigenvalue weighted by atomic mass is 32.2. The molecule has 0 saturated carbocycles. The van der Waals surface area contributed by atoms with Gasteiger partial charge in [-0.15, -0.1) is 0 Å². The molecule has 1 aromatic heterocycles. The standard InChI is InChI=1S/C28H32N4O3S2/c1-5-31-25(30-13-6-7-18(2)17-30)22(19(3)23(16-29)26(31)33)15-24-27(34)32(28(36)37-24)14-12-20-8-10-21(35-4)11-9-20/h8-11,15,18H,5-7,12-14,17H2,1-4H3/b24-15-. The number of rotatable bonds is 7. The Balaban J connectivity index is 1.70. The Morgan fingerprint density at radius 1 is 1.27 bits per heavy atom. The minimum absolute atomic E-state index is 0.122. The Morgan fingerprint density at radius 2 is 2.00 bits per heavy atom. The summed E-state index contributed by atoms with van der Waals surface area (Å²) in [5, 5.41) is 9.79. The van der Waals surface area contributed by atoms with E-state index in [9.17, 15) is 14.9 Å². The third-order valence-corrected chi connectivity index (χ3v) is 8.43. The van der Waals surface area contributed by atoms with Gasteiger partial charge in [0, 0.05) is 31.7 Å². The molecule has 0 radical (unpaired) electrons. The van der Waals surface area contributed by atoms with E-state index in [4.69, 9.17) is 17.0 Å². The number of thioether (sulfide) groups is 1. The van der Waals surface area contributed by atoms with Crippen molar-refractivity contribution in [3.8, 4) is 11.8 Å². The first kappa shape index (κ1) is 27.0. The number of thiocarbonyl (C=S) groups is 1. The third kappa shape index (κ3) is 5.46. The van der Waals surface area contributed by atoms with Crippen LogP contribution < -0.4 is 15.2 Å². The van der Waals surface area contributed by atoms with E-state index < -0.39 is 0 Å². The first-order chi connectivity index (χ1) is 17.8. The number of hydrogen-bond donors (Lipinski definition) is 0. The molecule has 1 amide bonds. The normalized spacial score (nSPS) is 19.0. The summed E-state index contributed by atoms with van der Waals surface area (Å²) in [6.45, 7) is 8.50. The lowest BCUT2D eigenvalue weighted by Gasteiger charge is -2.35. The van der Waals surface area contributed by atoms with E-state index in [-0.39, 0.29) is 17.0 Å². The van der Waals surface area contributed by atoms with E-state index in [0.29, 0.717) is 40.2 Å². The third-order valence-electron chi connectivity index (χ3n) is 7.05. The van der Waals surface area contributed by atoms with Gasteiger partial charge in [-0.2, -0.15) is 5.26 Å². The van der Waals surface area contributed by atoms with Crippen LogP contribution in [0.3, 0.4) is 0 Å². The van der Waals surface area contributed by atoms with Crippen molar-refractivity contribution >= 4 is 46.1 Å². The van der Waals surface area contributed by atoms with Crippen molar-refractivity contribution in [1.82, 2.24) is 9.47 Å². The first-order valence-electron chi connectivity index (χ1n) is 12.6. The summed E-state index contributed by atoms with van der Waals surface area (Å²) >= 11 is 6.85. The van der Waals surface area contributed by atoms with Crippen LogP contribution in [0.25, 0.3) is 6.08 Å². The molecule has 4 rings (SSSR count). The summed E-state index contributed by atoms with van der Waals surface area (Å²) in [6.07, 6.45) is 4.68. The van der Waals surface area contributed by atoms with Crippen molar-refractivity contribution < 1.29 is 9.53 Å². The summed E-state index contributed by atoms with van der Waals surface area (Å²) < 4.78 is 7.41. The Bertz CT molecular complexity index is 1340. The number of amides is 1. The zero-order valence-corrected chi connectivity index (χ0v) is 23.4. The fraction of sp³-hybridized carbons (Fsp3) is 0.429. The number of benzene rings is 1. The second-order valence-corrected chi connectivity index (χ2v) is 11.2. The fourth-order valence-corrected chi connectivity index (χ4v) is 6.31. The summed E-state index contributed by atoms with van der Waals surface area (Å²) in [6, 6.07) is 9.88. The Hall–Kier alpha value is -3.09. The second kappa shape index (κ2) is 11.5. The van der Waals surface area contributed by atoms with Gasteiger partial charge in [0.2, 0.25) is 0 Å². The van der Waals surface area contributed by atoms with E-state index in [1.54, 1.807) is 23.5 Å². The van der Waals surface area contributed by atoms with Crippen LogP contribution in [0.5, 0.6) is 5.75 Å². The minimum Gasteiger partial charge on any atom is -0.497 e. The molecule has 2 fully saturated rings. The molecule has 0 aliphatic carbocycles. The van der Waals surface area contributed by atoms with Gasteiger partial charge in [-0.1, -0.05) is 43.0 Å². The van der Waals surface area contributed by atoms with Gasteiger partial charge in [0.1, 0.15) is 27.5 Å². The van der Waals surface area contributed by atoms with Crippen molar-refractivity contribution in [3.05, 3.63) is 61.8 Å². The number of hydrogen-bond acceptors (Lipinski definition) is 7. The van der Waals surface area contributed by atoms with Crippen LogP contribution in [0.4, 0.5) is 5.82 Å². The lowest BCUT2D eigenvalue weighted by molar-refractivity contribution is -0.122. The highest BCUT2D eigenvalue weighted by Gasteiger charge is 2.33. The molecule has 2 aromatic rings. The molecule has 1 unspecified atom stereocenters. The number of carbonyl (C=O) groups excluding carboxylic acids is 1. The number of nitrogens with zero attached hydrogens (tertiary/aromatic N) is 4. The maximum atomic E-state index is 13.5. The minimum atomic E-state index is -0.278. The fourth-order valence-electron chi connectivity index (χ4n) is 5.02. The number of pyridine rings is 1. The summed E-state index contributed by atoms with van der Waals surface area (Å²) in [4.78, 5) is 31.0. The summed E-state index contributed by atoms with van der Waals surface area (Å²) in [7, 11) is 1.63. The number of piperidine rings is 1. The maximum absolute atomic E-state index is 13.5. The maximum Gasteiger partial charge on any atom is 0.270 e. The van der Waals surface area contributed by atoms with Crippen molar-refractivity contribution in [2.75, 3.05) is 31.6 Å². The second-order valence-electron chi connectivity index (χ2n) is 9.52. The van der Waals surface area contributed by atoms with Crippen LogP contribution in [0.15, 0.2) is 34.0 Å². The number of nitriles is 1. The summed E-state index contributed by atoms with van der Waals surface area (Å²) in [5.41, 5.74) is 2.29. The summed E-state index contributed by atoms with van der Waals surface area (Å²) in [5.74, 6) is 1.93. The van der Waals surface area contributed by atoms with Crippen molar-refractivity contribution in [1.29, 1.82) is 5.26 Å². The molecular weight excluding hydrogens is 504 g/mol. The number of methoxy groups -OCH3 is 1. The molecule has 194 valence electrons.